The van der Waals surface area contributed by atoms with Gasteiger partial charge in [-0.1, -0.05) is 49.9 Å². The van der Waals surface area contributed by atoms with Crippen molar-refractivity contribution in [2.24, 2.45) is 14.1 Å². The molecule has 2 aromatic rings. The third-order valence-corrected chi connectivity index (χ3v) is 2.08. The van der Waals surface area contributed by atoms with Gasteiger partial charge in [0.15, 0.2) is 0 Å². The Morgan fingerprint density at radius 2 is 1.93 bits per heavy atom. The molecule has 0 bridgehead atoms. The third kappa shape index (κ3) is 1.76. The van der Waals surface area contributed by atoms with Crippen LogP contribution in [-0.2, 0) is 14.1 Å². The molecule has 0 saturated heterocycles. The summed E-state index contributed by atoms with van der Waals surface area (Å²) in [6.45, 7) is 0. The Bertz CT molecular complexity index is 507. The van der Waals surface area contributed by atoms with Crippen molar-refractivity contribution in [3.8, 4) is 11.4 Å². The van der Waals surface area contributed by atoms with E-state index in [-0.39, 0.29) is 5.69 Å². The first-order valence-corrected chi connectivity index (χ1v) is 4.55. The molecule has 5 nitrogen and oxygen atoms in total. The van der Waals surface area contributed by atoms with Gasteiger partial charge in [-0.2, -0.15) is 4.79 Å². The molecular formula is C10H11N4O+. The molecule has 0 aliphatic heterocycles. The van der Waals surface area contributed by atoms with Gasteiger partial charge in [0.05, 0.1) is 0 Å². The van der Waals surface area contributed by atoms with Crippen LogP contribution in [0, 0.1) is 0 Å². The Kier molecular flexibility index (Phi) is 2.29. The largest absolute Gasteiger partial charge is 0.539 e. The summed E-state index contributed by atoms with van der Waals surface area (Å²) in [5, 5.41) is 8.15. The minimum atomic E-state index is -0.241. The molecular weight excluding hydrogens is 192 g/mol. The molecule has 0 atom stereocenters. The zero-order chi connectivity index (χ0) is 10.8. The number of aryl methyl sites for hydroxylation is 2. The van der Waals surface area contributed by atoms with E-state index in [1.54, 1.807) is 14.1 Å². The quantitative estimate of drug-likeness (QED) is 0.596. The summed E-state index contributed by atoms with van der Waals surface area (Å²) in [4.78, 5) is 11.4. The van der Waals surface area contributed by atoms with E-state index in [2.05, 4.69) is 10.2 Å². The van der Waals surface area contributed by atoms with Gasteiger partial charge >= 0.3 is 5.69 Å². The van der Waals surface area contributed by atoms with Gasteiger partial charge in [-0.25, -0.2) is 0 Å². The van der Waals surface area contributed by atoms with E-state index in [1.165, 1.54) is 9.36 Å². The summed E-state index contributed by atoms with van der Waals surface area (Å²) in [6, 6.07) is 9.54. The summed E-state index contributed by atoms with van der Waals surface area (Å²) in [5.41, 5.74) is 0.651. The summed E-state index contributed by atoms with van der Waals surface area (Å²) in [6.07, 6.45) is 0. The predicted molar refractivity (Wildman–Crippen MR) is 53.9 cm³/mol. The van der Waals surface area contributed by atoms with E-state index >= 15 is 0 Å². The Balaban J connectivity index is 2.61. The van der Waals surface area contributed by atoms with Gasteiger partial charge in [-0.3, -0.25) is 0 Å². The van der Waals surface area contributed by atoms with Gasteiger partial charge in [0.2, 0.25) is 5.82 Å². The molecule has 5 heteroatoms. The normalized spacial score (nSPS) is 10.3. The summed E-state index contributed by atoms with van der Waals surface area (Å²) < 4.78 is 2.55. The van der Waals surface area contributed by atoms with Crippen molar-refractivity contribution in [1.82, 2.24) is 14.9 Å². The van der Waals surface area contributed by atoms with Crippen LogP contribution in [0.3, 0.4) is 0 Å². The highest BCUT2D eigenvalue weighted by atomic mass is 16.2. The lowest BCUT2D eigenvalue weighted by molar-refractivity contribution is -0.749. The molecule has 0 spiro atoms. The number of nitrogens with zero attached hydrogens (tertiary/aromatic N) is 4. The van der Waals surface area contributed by atoms with Crippen molar-refractivity contribution in [3.05, 3.63) is 40.8 Å². The minimum absolute atomic E-state index is 0.241. The smallest absolute Gasteiger partial charge is 0.193 e. The molecule has 2 rings (SSSR count). The van der Waals surface area contributed by atoms with Crippen LogP contribution in [0.15, 0.2) is 35.1 Å². The maximum Gasteiger partial charge on any atom is 0.539 e. The van der Waals surface area contributed by atoms with Crippen LogP contribution < -0.4 is 10.4 Å². The standard InChI is InChI=1S/C10H11N4O/c1-13-10(15)14(2)12-9(11-13)8-6-4-3-5-7-8/h3-7H,1-2H3/q+1. The number of benzene rings is 1. The Labute approximate surface area is 86.6 Å². The number of aromatic nitrogens is 4. The van der Waals surface area contributed by atoms with Gasteiger partial charge in [-0.05, 0) is 0 Å². The fourth-order valence-corrected chi connectivity index (χ4v) is 1.30. The SMILES string of the molecule is Cn1nc(-c2ccccc2)n[n+](C)c1=O. The zero-order valence-corrected chi connectivity index (χ0v) is 8.58. The summed E-state index contributed by atoms with van der Waals surface area (Å²) >= 11 is 0. The van der Waals surface area contributed by atoms with E-state index in [9.17, 15) is 4.79 Å². The van der Waals surface area contributed by atoms with Crippen molar-refractivity contribution >= 4 is 0 Å². The predicted octanol–water partition coefficient (Wildman–Crippen LogP) is -0.333. The number of hydrogen-bond donors (Lipinski definition) is 0. The molecule has 0 amide bonds. The van der Waals surface area contributed by atoms with E-state index in [4.69, 9.17) is 0 Å². The Hall–Kier alpha value is -2.04. The van der Waals surface area contributed by atoms with Crippen LogP contribution in [-0.4, -0.2) is 14.9 Å². The van der Waals surface area contributed by atoms with E-state index in [0.29, 0.717) is 5.82 Å². The zero-order valence-electron chi connectivity index (χ0n) is 8.58. The van der Waals surface area contributed by atoms with Crippen LogP contribution in [0.5, 0.6) is 0 Å². The topological polar surface area (TPSA) is 51.7 Å². The molecule has 1 aromatic carbocycles. The van der Waals surface area contributed by atoms with Crippen LogP contribution in [0.2, 0.25) is 0 Å². The van der Waals surface area contributed by atoms with Gasteiger partial charge in [0.25, 0.3) is 0 Å². The average Bonchev–Trinajstić information content (AvgIpc) is 2.26. The second-order valence-corrected chi connectivity index (χ2v) is 3.22. The first-order chi connectivity index (χ1) is 7.18. The molecule has 76 valence electrons. The van der Waals surface area contributed by atoms with Crippen LogP contribution in [0.25, 0.3) is 11.4 Å². The molecule has 1 aromatic heterocycles. The maximum absolute atomic E-state index is 11.4. The van der Waals surface area contributed by atoms with E-state index < -0.39 is 0 Å². The summed E-state index contributed by atoms with van der Waals surface area (Å²) in [7, 11) is 3.22. The van der Waals surface area contributed by atoms with Gasteiger partial charge in [-0.15, -0.1) is 0 Å². The maximum atomic E-state index is 11.4. The second-order valence-electron chi connectivity index (χ2n) is 3.22. The van der Waals surface area contributed by atoms with Crippen LogP contribution in [0.1, 0.15) is 0 Å². The van der Waals surface area contributed by atoms with Crippen molar-refractivity contribution in [3.63, 3.8) is 0 Å². The van der Waals surface area contributed by atoms with Crippen molar-refractivity contribution in [2.45, 2.75) is 0 Å². The highest BCUT2D eigenvalue weighted by Gasteiger charge is 2.11. The lowest BCUT2D eigenvalue weighted by Gasteiger charge is -1.97. The molecule has 0 N–H and O–H groups in total. The first kappa shape index (κ1) is 9.51. The fraction of sp³-hybridized carbons (Fsp3) is 0.200. The van der Waals surface area contributed by atoms with Crippen LogP contribution >= 0.6 is 0 Å². The Morgan fingerprint density at radius 1 is 1.27 bits per heavy atom. The van der Waals surface area contributed by atoms with Crippen molar-refractivity contribution in [1.29, 1.82) is 0 Å². The molecule has 0 fully saturated rings. The lowest BCUT2D eigenvalue weighted by Crippen LogP contribution is -2.54. The van der Waals surface area contributed by atoms with Crippen molar-refractivity contribution in [2.75, 3.05) is 0 Å². The monoisotopic (exact) mass is 203 g/mol. The molecule has 0 aliphatic rings. The van der Waals surface area contributed by atoms with Gasteiger partial charge in [0.1, 0.15) is 14.1 Å². The van der Waals surface area contributed by atoms with E-state index in [1.807, 2.05) is 30.3 Å². The average molecular weight is 203 g/mol. The number of rotatable bonds is 1. The highest BCUT2D eigenvalue weighted by molar-refractivity contribution is 5.52. The lowest BCUT2D eigenvalue weighted by atomic mass is 10.2. The molecule has 1 heterocycles. The fourth-order valence-electron chi connectivity index (χ4n) is 1.30. The molecule has 0 saturated carbocycles. The molecule has 0 unspecified atom stereocenters. The number of hydrogen-bond acceptors (Lipinski definition) is 3. The molecule has 15 heavy (non-hydrogen) atoms. The Morgan fingerprint density at radius 3 is 2.53 bits per heavy atom. The van der Waals surface area contributed by atoms with E-state index in [0.717, 1.165) is 5.56 Å². The third-order valence-electron chi connectivity index (χ3n) is 2.08. The molecule has 0 aliphatic carbocycles. The van der Waals surface area contributed by atoms with Gasteiger partial charge < -0.3 is 0 Å². The highest BCUT2D eigenvalue weighted by Crippen LogP contribution is 2.09. The molecule has 0 radical (unpaired) electrons. The van der Waals surface area contributed by atoms with Crippen molar-refractivity contribution < 1.29 is 4.68 Å². The minimum Gasteiger partial charge on any atom is -0.193 e. The first-order valence-electron chi connectivity index (χ1n) is 4.55. The van der Waals surface area contributed by atoms with Crippen LogP contribution in [0.4, 0.5) is 0 Å². The summed E-state index contributed by atoms with van der Waals surface area (Å²) in [5.74, 6) is 0.542. The van der Waals surface area contributed by atoms with Gasteiger partial charge in [0, 0.05) is 5.56 Å². The second kappa shape index (κ2) is 3.61.